The summed E-state index contributed by atoms with van der Waals surface area (Å²) >= 11 is 0. The van der Waals surface area contributed by atoms with E-state index in [2.05, 4.69) is 36.1 Å². The molecule has 2 N–H and O–H groups in total. The summed E-state index contributed by atoms with van der Waals surface area (Å²) in [5, 5.41) is 3.30. The van der Waals surface area contributed by atoms with Gasteiger partial charge in [-0.05, 0) is 25.1 Å². The molecular formula is C16H19N3O3. The highest BCUT2D eigenvalue weighted by Gasteiger charge is 2.21. The molecule has 2 heterocycles. The second-order valence-electron chi connectivity index (χ2n) is 6.40. The quantitative estimate of drug-likeness (QED) is 0.772. The average molecular weight is 301 g/mol. The van der Waals surface area contributed by atoms with Gasteiger partial charge in [0.25, 0.3) is 0 Å². The number of rotatable bonds is 3. The van der Waals surface area contributed by atoms with Gasteiger partial charge in [0.2, 0.25) is 5.89 Å². The van der Waals surface area contributed by atoms with Crippen LogP contribution >= 0.6 is 0 Å². The highest BCUT2D eigenvalue weighted by molar-refractivity contribution is 5.76. The Kier molecular flexibility index (Phi) is 3.31. The van der Waals surface area contributed by atoms with Crippen LogP contribution in [0.25, 0.3) is 11.1 Å². The number of oxazole rings is 2. The van der Waals surface area contributed by atoms with Gasteiger partial charge < -0.3 is 14.2 Å². The third kappa shape index (κ3) is 2.77. The first kappa shape index (κ1) is 14.4. The Morgan fingerprint density at radius 1 is 1.27 bits per heavy atom. The summed E-state index contributed by atoms with van der Waals surface area (Å²) in [4.78, 5) is 18.1. The molecule has 1 unspecified atom stereocenters. The number of nitrogens with one attached hydrogen (secondary N) is 2. The lowest BCUT2D eigenvalue weighted by atomic mass is 9.94. The van der Waals surface area contributed by atoms with Crippen molar-refractivity contribution < 1.29 is 8.83 Å². The molecule has 6 heteroatoms. The summed E-state index contributed by atoms with van der Waals surface area (Å²) in [6, 6.07) is 5.33. The number of anilines is 1. The number of hydrogen-bond acceptors (Lipinski definition) is 5. The zero-order valence-corrected chi connectivity index (χ0v) is 13.1. The summed E-state index contributed by atoms with van der Waals surface area (Å²) < 4.78 is 10.8. The predicted molar refractivity (Wildman–Crippen MR) is 84.1 cm³/mol. The van der Waals surface area contributed by atoms with Crippen molar-refractivity contribution in [3.63, 3.8) is 0 Å². The van der Waals surface area contributed by atoms with Gasteiger partial charge in [-0.15, -0.1) is 0 Å². The number of hydrogen-bond donors (Lipinski definition) is 2. The van der Waals surface area contributed by atoms with E-state index in [1.807, 2.05) is 19.1 Å². The van der Waals surface area contributed by atoms with Gasteiger partial charge in [-0.1, -0.05) is 20.8 Å². The second kappa shape index (κ2) is 5.05. The number of fused-ring (bicyclic) bond motifs is 1. The van der Waals surface area contributed by atoms with Gasteiger partial charge in [0.1, 0.15) is 11.8 Å². The lowest BCUT2D eigenvalue weighted by Gasteiger charge is -2.15. The molecule has 0 radical (unpaired) electrons. The van der Waals surface area contributed by atoms with Gasteiger partial charge >= 0.3 is 5.76 Å². The van der Waals surface area contributed by atoms with Crippen LogP contribution in [0, 0.1) is 0 Å². The maximum absolute atomic E-state index is 11.2. The van der Waals surface area contributed by atoms with E-state index in [1.54, 1.807) is 12.3 Å². The molecule has 0 saturated carbocycles. The van der Waals surface area contributed by atoms with Crippen molar-refractivity contribution in [3.8, 4) is 0 Å². The zero-order valence-electron chi connectivity index (χ0n) is 13.1. The highest BCUT2D eigenvalue weighted by atomic mass is 16.4. The van der Waals surface area contributed by atoms with Crippen LogP contribution in [0.4, 0.5) is 5.69 Å². The van der Waals surface area contributed by atoms with Crippen molar-refractivity contribution in [2.24, 2.45) is 0 Å². The van der Waals surface area contributed by atoms with Crippen LogP contribution in [0.15, 0.2) is 38.0 Å². The van der Waals surface area contributed by atoms with E-state index in [0.717, 1.165) is 11.4 Å². The second-order valence-corrected chi connectivity index (χ2v) is 6.40. The first-order valence-electron chi connectivity index (χ1n) is 7.18. The molecule has 0 aliphatic heterocycles. The van der Waals surface area contributed by atoms with Crippen molar-refractivity contribution >= 4 is 16.8 Å². The molecule has 1 atom stereocenters. The van der Waals surface area contributed by atoms with Gasteiger partial charge in [-0.3, -0.25) is 4.98 Å². The maximum Gasteiger partial charge on any atom is 0.417 e. The van der Waals surface area contributed by atoms with Gasteiger partial charge in [0.05, 0.1) is 11.7 Å². The number of aromatic nitrogens is 2. The van der Waals surface area contributed by atoms with Crippen LogP contribution in [0.2, 0.25) is 0 Å². The fraction of sp³-hybridized carbons (Fsp3) is 0.375. The standard InChI is InChI=1S/C16H19N3O3/c1-9(14-17-8-13(22-14)16(2,3)4)18-10-5-6-12-11(7-10)19-15(20)21-12/h5-9,18H,1-4H3,(H,19,20). The van der Waals surface area contributed by atoms with Crippen LogP contribution in [0.1, 0.15) is 45.4 Å². The van der Waals surface area contributed by atoms with E-state index in [0.29, 0.717) is 17.0 Å². The fourth-order valence-corrected chi connectivity index (χ4v) is 2.19. The van der Waals surface area contributed by atoms with E-state index in [9.17, 15) is 4.79 Å². The largest absolute Gasteiger partial charge is 0.443 e. The Balaban J connectivity index is 1.81. The molecule has 0 saturated heterocycles. The van der Waals surface area contributed by atoms with Gasteiger partial charge in [0.15, 0.2) is 5.58 Å². The molecule has 0 aliphatic rings. The van der Waals surface area contributed by atoms with E-state index < -0.39 is 5.76 Å². The molecule has 6 nitrogen and oxygen atoms in total. The molecule has 0 fully saturated rings. The monoisotopic (exact) mass is 301 g/mol. The first-order valence-corrected chi connectivity index (χ1v) is 7.18. The molecule has 22 heavy (non-hydrogen) atoms. The molecular weight excluding hydrogens is 282 g/mol. The molecule has 1 aromatic carbocycles. The fourth-order valence-electron chi connectivity index (χ4n) is 2.19. The maximum atomic E-state index is 11.2. The minimum Gasteiger partial charge on any atom is -0.443 e. The molecule has 0 aliphatic carbocycles. The Labute approximate surface area is 127 Å². The minimum absolute atomic E-state index is 0.0693. The Morgan fingerprint density at radius 3 is 2.73 bits per heavy atom. The Bertz CT molecular complexity index is 851. The summed E-state index contributed by atoms with van der Waals surface area (Å²) in [6.07, 6.45) is 1.77. The number of nitrogens with zero attached hydrogens (tertiary/aromatic N) is 1. The third-order valence-electron chi connectivity index (χ3n) is 3.44. The Morgan fingerprint density at radius 2 is 2.05 bits per heavy atom. The first-order chi connectivity index (χ1) is 10.3. The number of H-pyrrole nitrogens is 1. The SMILES string of the molecule is CC(Nc1ccc2oc(=O)[nH]c2c1)c1ncc(C(C)(C)C)o1. The van der Waals surface area contributed by atoms with Crippen molar-refractivity contribution in [1.29, 1.82) is 0 Å². The van der Waals surface area contributed by atoms with E-state index in [1.165, 1.54) is 0 Å². The summed E-state index contributed by atoms with van der Waals surface area (Å²) in [6.45, 7) is 8.22. The predicted octanol–water partition coefficient (Wildman–Crippen LogP) is 3.58. The van der Waals surface area contributed by atoms with Crippen LogP contribution in [-0.2, 0) is 5.41 Å². The van der Waals surface area contributed by atoms with Crippen LogP contribution < -0.4 is 11.1 Å². The lowest BCUT2D eigenvalue weighted by molar-refractivity contribution is 0.374. The molecule has 0 bridgehead atoms. The summed E-state index contributed by atoms with van der Waals surface area (Å²) in [5.74, 6) is 1.03. The van der Waals surface area contributed by atoms with Gasteiger partial charge in [-0.25, -0.2) is 9.78 Å². The number of benzene rings is 1. The number of aromatic amines is 1. The minimum atomic E-state index is -0.456. The van der Waals surface area contributed by atoms with Crippen LogP contribution in [0.3, 0.4) is 0 Å². The van der Waals surface area contributed by atoms with Gasteiger partial charge in [-0.2, -0.15) is 0 Å². The van der Waals surface area contributed by atoms with E-state index >= 15 is 0 Å². The molecule has 0 amide bonds. The van der Waals surface area contributed by atoms with Crippen molar-refractivity contribution in [3.05, 3.63) is 46.6 Å². The van der Waals surface area contributed by atoms with Crippen molar-refractivity contribution in [1.82, 2.24) is 9.97 Å². The topological polar surface area (TPSA) is 84.1 Å². The normalized spacial score (nSPS) is 13.5. The smallest absolute Gasteiger partial charge is 0.417 e. The Hall–Kier alpha value is -2.50. The van der Waals surface area contributed by atoms with E-state index in [-0.39, 0.29) is 11.5 Å². The highest BCUT2D eigenvalue weighted by Crippen LogP contribution is 2.27. The van der Waals surface area contributed by atoms with Crippen LogP contribution in [-0.4, -0.2) is 9.97 Å². The lowest BCUT2D eigenvalue weighted by Crippen LogP contribution is -2.10. The molecule has 116 valence electrons. The van der Waals surface area contributed by atoms with Gasteiger partial charge in [0, 0.05) is 11.1 Å². The molecule has 2 aromatic heterocycles. The molecule has 3 aromatic rings. The summed E-state index contributed by atoms with van der Waals surface area (Å²) in [7, 11) is 0. The van der Waals surface area contributed by atoms with Crippen LogP contribution in [0.5, 0.6) is 0 Å². The van der Waals surface area contributed by atoms with Crippen molar-refractivity contribution in [2.75, 3.05) is 5.32 Å². The molecule has 3 rings (SSSR count). The average Bonchev–Trinajstić information content (AvgIpc) is 3.02. The van der Waals surface area contributed by atoms with Crippen molar-refractivity contribution in [2.45, 2.75) is 39.2 Å². The third-order valence-corrected chi connectivity index (χ3v) is 3.44. The molecule has 0 spiro atoms. The van der Waals surface area contributed by atoms with E-state index in [4.69, 9.17) is 8.83 Å². The summed E-state index contributed by atoms with van der Waals surface area (Å²) in [5.41, 5.74) is 1.98. The zero-order chi connectivity index (χ0) is 15.9.